The second kappa shape index (κ2) is 5.55. The number of benzene rings is 2. The van der Waals surface area contributed by atoms with E-state index in [1.165, 1.54) is 41.5 Å². The maximum Gasteiger partial charge on any atom is 0.123 e. The third-order valence-corrected chi connectivity index (χ3v) is 4.25. The summed E-state index contributed by atoms with van der Waals surface area (Å²) in [5, 5.41) is 0. The van der Waals surface area contributed by atoms with Crippen LogP contribution in [0.25, 0.3) is 0 Å². The molecular weight excluding hydrogens is 256 g/mol. The van der Waals surface area contributed by atoms with Gasteiger partial charge in [0, 0.05) is 0 Å². The van der Waals surface area contributed by atoms with Gasteiger partial charge in [-0.2, -0.15) is 0 Å². The molecule has 0 atom stereocenters. The molecule has 0 unspecified atom stereocenters. The van der Waals surface area contributed by atoms with E-state index >= 15 is 0 Å². The topological polar surface area (TPSA) is 9.23 Å². The van der Waals surface area contributed by atoms with Crippen molar-refractivity contribution in [3.05, 3.63) is 64.7 Å². The molecule has 110 valence electrons. The standard InChI is InChI=1S/C20H24O/c1-20(2,3)18-9-4-5-10-19(18)21-14-15-11-12-16-7-6-8-17(16)13-15/h4-5,9-13H,6-8,14H2,1-3H3. The van der Waals surface area contributed by atoms with Crippen molar-refractivity contribution in [2.45, 2.75) is 52.1 Å². The lowest BCUT2D eigenvalue weighted by atomic mass is 9.86. The maximum atomic E-state index is 6.11. The molecule has 0 heterocycles. The molecule has 0 radical (unpaired) electrons. The lowest BCUT2D eigenvalue weighted by molar-refractivity contribution is 0.297. The van der Waals surface area contributed by atoms with E-state index < -0.39 is 0 Å². The molecule has 1 heteroatoms. The SMILES string of the molecule is CC(C)(C)c1ccccc1OCc1ccc2c(c1)CCC2. The average molecular weight is 280 g/mol. The van der Waals surface area contributed by atoms with Crippen LogP contribution in [0.4, 0.5) is 0 Å². The molecule has 2 aromatic carbocycles. The summed E-state index contributed by atoms with van der Waals surface area (Å²) in [7, 11) is 0. The first kappa shape index (κ1) is 14.2. The van der Waals surface area contributed by atoms with Crippen LogP contribution < -0.4 is 4.74 Å². The largest absolute Gasteiger partial charge is 0.489 e. The fraction of sp³-hybridized carbons (Fsp3) is 0.400. The maximum absolute atomic E-state index is 6.11. The van der Waals surface area contributed by atoms with E-state index in [1.54, 1.807) is 0 Å². The molecule has 2 aromatic rings. The summed E-state index contributed by atoms with van der Waals surface area (Å²) in [5.74, 6) is 1.01. The molecule has 0 fully saturated rings. The van der Waals surface area contributed by atoms with E-state index in [2.05, 4.69) is 57.2 Å². The first-order valence-corrected chi connectivity index (χ1v) is 7.87. The van der Waals surface area contributed by atoms with Gasteiger partial charge in [0.2, 0.25) is 0 Å². The average Bonchev–Trinajstić information content (AvgIpc) is 2.92. The predicted molar refractivity (Wildman–Crippen MR) is 87.9 cm³/mol. The zero-order valence-corrected chi connectivity index (χ0v) is 13.3. The van der Waals surface area contributed by atoms with E-state index in [0.717, 1.165) is 5.75 Å². The van der Waals surface area contributed by atoms with Gasteiger partial charge in [0.25, 0.3) is 0 Å². The highest BCUT2D eigenvalue weighted by atomic mass is 16.5. The summed E-state index contributed by atoms with van der Waals surface area (Å²) in [4.78, 5) is 0. The Morgan fingerprint density at radius 3 is 2.52 bits per heavy atom. The number of rotatable bonds is 3. The van der Waals surface area contributed by atoms with E-state index in [9.17, 15) is 0 Å². The number of ether oxygens (including phenoxy) is 1. The quantitative estimate of drug-likeness (QED) is 0.764. The highest BCUT2D eigenvalue weighted by Crippen LogP contribution is 2.31. The van der Waals surface area contributed by atoms with Gasteiger partial charge in [-0.1, -0.05) is 57.2 Å². The van der Waals surface area contributed by atoms with Gasteiger partial charge in [-0.25, -0.2) is 0 Å². The van der Waals surface area contributed by atoms with Crippen molar-refractivity contribution in [3.8, 4) is 5.75 Å². The molecule has 1 aliphatic carbocycles. The summed E-state index contributed by atoms with van der Waals surface area (Å²) in [5.41, 5.74) is 5.69. The molecule has 0 aliphatic heterocycles. The summed E-state index contributed by atoms with van der Waals surface area (Å²) >= 11 is 0. The van der Waals surface area contributed by atoms with Crippen LogP contribution in [0, 0.1) is 0 Å². The summed E-state index contributed by atoms with van der Waals surface area (Å²) in [6, 6.07) is 15.2. The second-order valence-corrected chi connectivity index (χ2v) is 6.99. The zero-order chi connectivity index (χ0) is 14.9. The molecule has 1 aliphatic rings. The van der Waals surface area contributed by atoms with Gasteiger partial charge >= 0.3 is 0 Å². The summed E-state index contributed by atoms with van der Waals surface area (Å²) in [6.07, 6.45) is 3.76. The molecule has 3 rings (SSSR count). The Bertz CT molecular complexity index is 635. The smallest absolute Gasteiger partial charge is 0.123 e. The Balaban J connectivity index is 1.76. The van der Waals surface area contributed by atoms with Gasteiger partial charge in [0.1, 0.15) is 12.4 Å². The zero-order valence-electron chi connectivity index (χ0n) is 13.3. The minimum Gasteiger partial charge on any atom is -0.489 e. The van der Waals surface area contributed by atoms with Crippen LogP contribution in [0.1, 0.15) is 49.4 Å². The molecule has 21 heavy (non-hydrogen) atoms. The van der Waals surface area contributed by atoms with Gasteiger partial charge in [0.15, 0.2) is 0 Å². The second-order valence-electron chi connectivity index (χ2n) is 6.99. The molecular formula is C20H24O. The number of para-hydroxylation sites is 1. The van der Waals surface area contributed by atoms with E-state index in [0.29, 0.717) is 6.61 Å². The molecule has 0 amide bonds. The number of hydrogen-bond acceptors (Lipinski definition) is 1. The van der Waals surface area contributed by atoms with E-state index in [1.807, 2.05) is 6.07 Å². The van der Waals surface area contributed by atoms with Crippen molar-refractivity contribution in [3.63, 3.8) is 0 Å². The third-order valence-electron chi connectivity index (χ3n) is 4.25. The number of hydrogen-bond donors (Lipinski definition) is 0. The highest BCUT2D eigenvalue weighted by Gasteiger charge is 2.18. The first-order chi connectivity index (χ1) is 10.0. The Kier molecular flexibility index (Phi) is 3.75. The van der Waals surface area contributed by atoms with Gasteiger partial charge in [-0.05, 0) is 53.0 Å². The Hall–Kier alpha value is -1.76. The van der Waals surface area contributed by atoms with Crippen LogP contribution in [0.15, 0.2) is 42.5 Å². The van der Waals surface area contributed by atoms with Crippen LogP contribution in [0.2, 0.25) is 0 Å². The fourth-order valence-electron chi connectivity index (χ4n) is 3.09. The molecule has 1 nitrogen and oxygen atoms in total. The van der Waals surface area contributed by atoms with Crippen LogP contribution >= 0.6 is 0 Å². The lowest BCUT2D eigenvalue weighted by Crippen LogP contribution is -2.13. The Labute approximate surface area is 128 Å². The minimum absolute atomic E-state index is 0.106. The molecule has 0 saturated carbocycles. The van der Waals surface area contributed by atoms with Crippen molar-refractivity contribution in [2.75, 3.05) is 0 Å². The molecule has 0 saturated heterocycles. The number of fused-ring (bicyclic) bond motifs is 1. The minimum atomic E-state index is 0.106. The highest BCUT2D eigenvalue weighted by molar-refractivity contribution is 5.39. The van der Waals surface area contributed by atoms with Crippen molar-refractivity contribution in [2.24, 2.45) is 0 Å². The van der Waals surface area contributed by atoms with Crippen LogP contribution in [0.5, 0.6) is 5.75 Å². The number of aryl methyl sites for hydroxylation is 2. The molecule has 0 spiro atoms. The fourth-order valence-corrected chi connectivity index (χ4v) is 3.09. The predicted octanol–water partition coefficient (Wildman–Crippen LogP) is 5.05. The van der Waals surface area contributed by atoms with Gasteiger partial charge in [-0.15, -0.1) is 0 Å². The van der Waals surface area contributed by atoms with Crippen LogP contribution in [0.3, 0.4) is 0 Å². The molecule has 0 N–H and O–H groups in total. The van der Waals surface area contributed by atoms with Gasteiger partial charge in [-0.3, -0.25) is 0 Å². The lowest BCUT2D eigenvalue weighted by Gasteiger charge is -2.22. The van der Waals surface area contributed by atoms with Crippen LogP contribution in [-0.4, -0.2) is 0 Å². The summed E-state index contributed by atoms with van der Waals surface area (Å²) < 4.78 is 6.11. The normalized spacial score (nSPS) is 14.0. The molecule has 0 aromatic heterocycles. The van der Waals surface area contributed by atoms with Crippen LogP contribution in [-0.2, 0) is 24.9 Å². The van der Waals surface area contributed by atoms with Crippen molar-refractivity contribution in [1.82, 2.24) is 0 Å². The van der Waals surface area contributed by atoms with Crippen molar-refractivity contribution >= 4 is 0 Å². The Morgan fingerprint density at radius 2 is 1.71 bits per heavy atom. The molecule has 0 bridgehead atoms. The van der Waals surface area contributed by atoms with E-state index in [4.69, 9.17) is 4.74 Å². The van der Waals surface area contributed by atoms with Gasteiger partial charge in [0.05, 0.1) is 0 Å². The van der Waals surface area contributed by atoms with E-state index in [-0.39, 0.29) is 5.41 Å². The Morgan fingerprint density at radius 1 is 0.952 bits per heavy atom. The third kappa shape index (κ3) is 3.12. The van der Waals surface area contributed by atoms with Crippen molar-refractivity contribution < 1.29 is 4.74 Å². The first-order valence-electron chi connectivity index (χ1n) is 7.87. The van der Waals surface area contributed by atoms with Gasteiger partial charge < -0.3 is 4.74 Å². The van der Waals surface area contributed by atoms with Crippen molar-refractivity contribution in [1.29, 1.82) is 0 Å². The monoisotopic (exact) mass is 280 g/mol. The summed E-state index contributed by atoms with van der Waals surface area (Å²) in [6.45, 7) is 7.33.